The average molecular weight is 550 g/mol. The highest BCUT2D eigenvalue weighted by atomic mass is 32.2. The second-order valence-corrected chi connectivity index (χ2v) is 12.2. The molecule has 0 bridgehead atoms. The average Bonchev–Trinajstić information content (AvgIpc) is 3.28. The van der Waals surface area contributed by atoms with Gasteiger partial charge in [0.2, 0.25) is 21.1 Å². The SMILES string of the molecule is CCOc1ccccc1Nc1nnc(S[C@@H](C)C(=O)Nc2ccc(C)c(S(=O)(=O)N(CC)CC)c2)s1. The zero-order chi connectivity index (χ0) is 26.3. The van der Waals surface area contributed by atoms with Crippen LogP contribution in [0.1, 0.15) is 33.3 Å². The van der Waals surface area contributed by atoms with Crippen LogP contribution in [-0.2, 0) is 14.8 Å². The number of sulfonamides is 1. The maximum Gasteiger partial charge on any atom is 0.243 e. The molecule has 1 atom stereocenters. The van der Waals surface area contributed by atoms with Crippen LogP contribution in [0.5, 0.6) is 5.75 Å². The van der Waals surface area contributed by atoms with Gasteiger partial charge >= 0.3 is 0 Å². The summed E-state index contributed by atoms with van der Waals surface area (Å²) in [5, 5.41) is 14.5. The van der Waals surface area contributed by atoms with Crippen molar-refractivity contribution in [3.63, 3.8) is 0 Å². The molecule has 12 heteroatoms. The molecule has 3 rings (SSSR count). The fraction of sp³-hybridized carbons (Fsp3) is 0.375. The van der Waals surface area contributed by atoms with Crippen LogP contribution in [0.15, 0.2) is 51.7 Å². The number of hydrogen-bond donors (Lipinski definition) is 2. The van der Waals surface area contributed by atoms with E-state index in [1.165, 1.54) is 33.5 Å². The number of aryl methyl sites for hydroxylation is 1. The smallest absolute Gasteiger partial charge is 0.243 e. The standard InChI is InChI=1S/C24H31N5O4S3/c1-6-29(7-2)36(31,32)21-15-18(14-13-16(21)4)25-22(30)17(5)34-24-28-27-23(35-24)26-19-11-9-10-12-20(19)33-8-3/h9-15,17H,6-8H2,1-5H3,(H,25,30)(H,26,27)/t17-/m0/s1. The molecule has 0 aliphatic heterocycles. The Hall–Kier alpha value is -2.67. The van der Waals surface area contributed by atoms with E-state index in [4.69, 9.17) is 4.74 Å². The Labute approximate surface area is 220 Å². The number of ether oxygens (including phenoxy) is 1. The molecule has 0 saturated carbocycles. The first kappa shape index (κ1) is 27.9. The predicted molar refractivity (Wildman–Crippen MR) is 146 cm³/mol. The van der Waals surface area contributed by atoms with Crippen molar-refractivity contribution in [2.24, 2.45) is 0 Å². The summed E-state index contributed by atoms with van der Waals surface area (Å²) >= 11 is 2.61. The van der Waals surface area contributed by atoms with Gasteiger partial charge in [-0.3, -0.25) is 4.79 Å². The van der Waals surface area contributed by atoms with E-state index in [2.05, 4.69) is 20.8 Å². The van der Waals surface area contributed by atoms with Gasteiger partial charge in [-0.2, -0.15) is 4.31 Å². The number of para-hydroxylation sites is 2. The maximum absolute atomic E-state index is 13.0. The molecule has 9 nitrogen and oxygen atoms in total. The molecule has 194 valence electrons. The van der Waals surface area contributed by atoms with Crippen molar-refractivity contribution in [3.05, 3.63) is 48.0 Å². The molecule has 0 spiro atoms. The molecule has 1 amide bonds. The Balaban J connectivity index is 1.67. The normalized spacial score (nSPS) is 12.4. The lowest BCUT2D eigenvalue weighted by Gasteiger charge is -2.20. The van der Waals surface area contributed by atoms with Gasteiger partial charge in [0.05, 0.1) is 22.4 Å². The fourth-order valence-corrected chi connectivity index (χ4v) is 7.00. The predicted octanol–water partition coefficient (Wildman–Crippen LogP) is 5.14. The molecule has 0 aliphatic carbocycles. The minimum Gasteiger partial charge on any atom is -0.492 e. The molecule has 1 heterocycles. The first-order chi connectivity index (χ1) is 17.2. The van der Waals surface area contributed by atoms with Gasteiger partial charge in [-0.1, -0.05) is 55.1 Å². The Kier molecular flexibility index (Phi) is 9.71. The van der Waals surface area contributed by atoms with E-state index in [0.29, 0.717) is 40.4 Å². The van der Waals surface area contributed by atoms with Crippen LogP contribution in [0, 0.1) is 6.92 Å². The van der Waals surface area contributed by atoms with E-state index < -0.39 is 15.3 Å². The number of carbonyl (C=O) groups excluding carboxylic acids is 1. The van der Waals surface area contributed by atoms with Crippen molar-refractivity contribution in [1.82, 2.24) is 14.5 Å². The van der Waals surface area contributed by atoms with Crippen molar-refractivity contribution in [1.29, 1.82) is 0 Å². The van der Waals surface area contributed by atoms with Crippen LogP contribution in [0.4, 0.5) is 16.5 Å². The monoisotopic (exact) mass is 549 g/mol. The van der Waals surface area contributed by atoms with Crippen LogP contribution in [-0.4, -0.2) is 53.8 Å². The van der Waals surface area contributed by atoms with Crippen LogP contribution < -0.4 is 15.4 Å². The van der Waals surface area contributed by atoms with E-state index in [0.717, 1.165) is 11.4 Å². The third-order valence-electron chi connectivity index (χ3n) is 5.26. The molecule has 0 saturated heterocycles. The zero-order valence-electron chi connectivity index (χ0n) is 20.9. The molecule has 2 N–H and O–H groups in total. The second kappa shape index (κ2) is 12.5. The first-order valence-electron chi connectivity index (χ1n) is 11.6. The minimum atomic E-state index is -3.64. The number of rotatable bonds is 12. The van der Waals surface area contributed by atoms with Crippen LogP contribution in [0.3, 0.4) is 0 Å². The number of amides is 1. The number of carbonyl (C=O) groups is 1. The molecular formula is C24H31N5O4S3. The highest BCUT2D eigenvalue weighted by Gasteiger charge is 2.25. The lowest BCUT2D eigenvalue weighted by molar-refractivity contribution is -0.115. The minimum absolute atomic E-state index is 0.191. The second-order valence-electron chi connectivity index (χ2n) is 7.75. The molecular weight excluding hydrogens is 518 g/mol. The molecule has 36 heavy (non-hydrogen) atoms. The summed E-state index contributed by atoms with van der Waals surface area (Å²) in [5.41, 5.74) is 1.84. The Morgan fingerprint density at radius 2 is 1.86 bits per heavy atom. The summed E-state index contributed by atoms with van der Waals surface area (Å²) in [6.07, 6.45) is 0. The van der Waals surface area contributed by atoms with Crippen molar-refractivity contribution < 1.29 is 17.9 Å². The quantitative estimate of drug-likeness (QED) is 0.299. The summed E-state index contributed by atoms with van der Waals surface area (Å²) in [6.45, 7) is 10.3. The highest BCUT2D eigenvalue weighted by molar-refractivity contribution is 8.02. The molecule has 3 aromatic rings. The summed E-state index contributed by atoms with van der Waals surface area (Å²) < 4.78 is 33.7. The van der Waals surface area contributed by atoms with Crippen molar-refractivity contribution >= 4 is 55.5 Å². The van der Waals surface area contributed by atoms with E-state index >= 15 is 0 Å². The molecule has 0 unspecified atom stereocenters. The number of thioether (sulfide) groups is 1. The number of anilines is 3. The zero-order valence-corrected chi connectivity index (χ0v) is 23.4. The van der Waals surface area contributed by atoms with Crippen molar-refractivity contribution in [2.45, 2.75) is 49.1 Å². The first-order valence-corrected chi connectivity index (χ1v) is 14.7. The fourth-order valence-electron chi connectivity index (χ4n) is 3.38. The van der Waals surface area contributed by atoms with E-state index in [1.807, 2.05) is 31.2 Å². The van der Waals surface area contributed by atoms with Crippen molar-refractivity contribution in [3.8, 4) is 5.75 Å². The molecule has 0 radical (unpaired) electrons. The van der Waals surface area contributed by atoms with E-state index in [1.54, 1.807) is 39.8 Å². The van der Waals surface area contributed by atoms with Gasteiger partial charge in [0, 0.05) is 18.8 Å². The number of hydrogen-bond acceptors (Lipinski definition) is 9. The molecule has 2 aromatic carbocycles. The van der Waals surface area contributed by atoms with Crippen LogP contribution in [0.25, 0.3) is 0 Å². The Bertz CT molecular complexity index is 1290. The maximum atomic E-state index is 13.0. The van der Waals surface area contributed by atoms with Gasteiger partial charge in [0.15, 0.2) is 4.34 Å². The third-order valence-corrected chi connectivity index (χ3v) is 9.48. The van der Waals surface area contributed by atoms with E-state index in [-0.39, 0.29) is 10.8 Å². The third kappa shape index (κ3) is 6.75. The van der Waals surface area contributed by atoms with Gasteiger partial charge in [-0.25, -0.2) is 8.42 Å². The largest absolute Gasteiger partial charge is 0.492 e. The van der Waals surface area contributed by atoms with E-state index in [9.17, 15) is 13.2 Å². The van der Waals surface area contributed by atoms with Crippen molar-refractivity contribution in [2.75, 3.05) is 30.3 Å². The van der Waals surface area contributed by atoms with Gasteiger partial charge in [-0.05, 0) is 50.6 Å². The Morgan fingerprint density at radius 3 is 2.56 bits per heavy atom. The summed E-state index contributed by atoms with van der Waals surface area (Å²) in [5.74, 6) is 0.457. The lowest BCUT2D eigenvalue weighted by atomic mass is 10.2. The number of benzene rings is 2. The van der Waals surface area contributed by atoms with Gasteiger partial charge in [-0.15, -0.1) is 10.2 Å². The number of nitrogens with zero attached hydrogens (tertiary/aromatic N) is 3. The van der Waals surface area contributed by atoms with Gasteiger partial charge in [0.25, 0.3) is 0 Å². The van der Waals surface area contributed by atoms with Crippen LogP contribution >= 0.6 is 23.1 Å². The lowest BCUT2D eigenvalue weighted by Crippen LogP contribution is -2.31. The highest BCUT2D eigenvalue weighted by Crippen LogP contribution is 2.33. The Morgan fingerprint density at radius 1 is 1.14 bits per heavy atom. The molecule has 0 aliphatic rings. The van der Waals surface area contributed by atoms with Gasteiger partial charge in [0.1, 0.15) is 5.75 Å². The summed E-state index contributed by atoms with van der Waals surface area (Å²) in [6, 6.07) is 12.5. The summed E-state index contributed by atoms with van der Waals surface area (Å²) in [4.78, 5) is 13.0. The number of nitrogens with one attached hydrogen (secondary N) is 2. The molecule has 1 aromatic heterocycles. The molecule has 0 fully saturated rings. The van der Waals surface area contributed by atoms with Crippen LogP contribution in [0.2, 0.25) is 0 Å². The van der Waals surface area contributed by atoms with Gasteiger partial charge < -0.3 is 15.4 Å². The summed E-state index contributed by atoms with van der Waals surface area (Å²) in [7, 11) is -3.64. The topological polar surface area (TPSA) is 114 Å². The number of aromatic nitrogens is 2.